The van der Waals surface area contributed by atoms with Gasteiger partial charge in [-0.15, -0.1) is 0 Å². The summed E-state index contributed by atoms with van der Waals surface area (Å²) in [4.78, 5) is 10.5. The summed E-state index contributed by atoms with van der Waals surface area (Å²) in [5, 5.41) is 29.1. The summed E-state index contributed by atoms with van der Waals surface area (Å²) in [5.74, 6) is -0.617. The molecule has 0 aromatic rings. The standard InChI is InChI=1S/C21H36O5/c1-3-4-7-10-16(22)13-14-17-18(20(26-2)15-19(17)23)11-8-5-6-9-12-21(24)25/h5,8,13-14,16-20,22-23H,3-4,6-7,9-12,15H2,1-2H3,(H,24,25). The van der Waals surface area contributed by atoms with Crippen LogP contribution in [0.2, 0.25) is 0 Å². The molecule has 1 aliphatic carbocycles. The Morgan fingerprint density at radius 3 is 2.69 bits per heavy atom. The molecule has 26 heavy (non-hydrogen) atoms. The van der Waals surface area contributed by atoms with E-state index in [1.807, 2.05) is 18.2 Å². The monoisotopic (exact) mass is 368 g/mol. The Kier molecular flexibility index (Phi) is 11.5. The number of aliphatic hydroxyl groups excluding tert-OH is 2. The van der Waals surface area contributed by atoms with E-state index >= 15 is 0 Å². The molecular weight excluding hydrogens is 332 g/mol. The maximum absolute atomic E-state index is 10.5. The van der Waals surface area contributed by atoms with Crippen LogP contribution in [-0.4, -0.2) is 46.7 Å². The fraction of sp³-hybridized carbons (Fsp3) is 0.762. The Bertz CT molecular complexity index is 446. The third-order valence-corrected chi connectivity index (χ3v) is 5.19. The van der Waals surface area contributed by atoms with E-state index in [0.29, 0.717) is 12.8 Å². The number of allylic oxidation sites excluding steroid dienone is 2. The summed E-state index contributed by atoms with van der Waals surface area (Å²) in [6.45, 7) is 2.14. The lowest BCUT2D eigenvalue weighted by Gasteiger charge is -2.21. The van der Waals surface area contributed by atoms with Gasteiger partial charge in [-0.05, 0) is 31.6 Å². The highest BCUT2D eigenvalue weighted by Crippen LogP contribution is 2.38. The quantitative estimate of drug-likeness (QED) is 0.341. The fourth-order valence-electron chi connectivity index (χ4n) is 3.65. The highest BCUT2D eigenvalue weighted by atomic mass is 16.5. The van der Waals surface area contributed by atoms with Gasteiger partial charge in [0.1, 0.15) is 0 Å². The van der Waals surface area contributed by atoms with Crippen LogP contribution in [0.4, 0.5) is 0 Å². The minimum Gasteiger partial charge on any atom is -0.481 e. The number of unbranched alkanes of at least 4 members (excludes halogenated alkanes) is 3. The van der Waals surface area contributed by atoms with E-state index in [9.17, 15) is 15.0 Å². The third-order valence-electron chi connectivity index (χ3n) is 5.19. The molecule has 0 aromatic heterocycles. The van der Waals surface area contributed by atoms with E-state index in [4.69, 9.17) is 9.84 Å². The van der Waals surface area contributed by atoms with Crippen molar-refractivity contribution < 1.29 is 24.9 Å². The Morgan fingerprint density at radius 2 is 2.04 bits per heavy atom. The Morgan fingerprint density at radius 1 is 1.27 bits per heavy atom. The first-order chi connectivity index (χ1) is 12.5. The van der Waals surface area contributed by atoms with Gasteiger partial charge in [-0.2, -0.15) is 0 Å². The first-order valence-corrected chi connectivity index (χ1v) is 9.93. The van der Waals surface area contributed by atoms with Gasteiger partial charge >= 0.3 is 5.97 Å². The zero-order valence-corrected chi connectivity index (χ0v) is 16.2. The number of carboxylic acids is 1. The summed E-state index contributed by atoms with van der Waals surface area (Å²) in [5.41, 5.74) is 0. The van der Waals surface area contributed by atoms with Gasteiger partial charge in [-0.1, -0.05) is 50.5 Å². The molecule has 5 heteroatoms. The van der Waals surface area contributed by atoms with Crippen LogP contribution in [0.25, 0.3) is 0 Å². The number of hydrogen-bond donors (Lipinski definition) is 3. The van der Waals surface area contributed by atoms with Crippen molar-refractivity contribution in [2.45, 2.75) is 83.0 Å². The van der Waals surface area contributed by atoms with Crippen LogP contribution in [0.15, 0.2) is 24.3 Å². The van der Waals surface area contributed by atoms with E-state index in [-0.39, 0.29) is 24.4 Å². The van der Waals surface area contributed by atoms with Gasteiger partial charge < -0.3 is 20.1 Å². The maximum atomic E-state index is 10.5. The van der Waals surface area contributed by atoms with Crippen molar-refractivity contribution in [1.29, 1.82) is 0 Å². The van der Waals surface area contributed by atoms with Crippen LogP contribution in [0.1, 0.15) is 64.7 Å². The van der Waals surface area contributed by atoms with E-state index in [0.717, 1.165) is 38.5 Å². The average Bonchev–Trinajstić information content (AvgIpc) is 2.91. The Hall–Kier alpha value is -1.17. The highest BCUT2D eigenvalue weighted by molar-refractivity contribution is 5.66. The lowest BCUT2D eigenvalue weighted by atomic mass is 9.89. The lowest BCUT2D eigenvalue weighted by molar-refractivity contribution is -0.137. The number of ether oxygens (including phenoxy) is 1. The van der Waals surface area contributed by atoms with Crippen molar-refractivity contribution in [2.75, 3.05) is 7.11 Å². The maximum Gasteiger partial charge on any atom is 0.303 e. The fourth-order valence-corrected chi connectivity index (χ4v) is 3.65. The summed E-state index contributed by atoms with van der Waals surface area (Å²) in [6.07, 6.45) is 13.9. The van der Waals surface area contributed by atoms with Gasteiger partial charge in [0, 0.05) is 25.9 Å². The molecule has 0 aromatic carbocycles. The SMILES string of the molecule is CCCCCC(O)C=CC1C(O)CC(OC)C1CC=CCCCC(=O)O. The second-order valence-electron chi connectivity index (χ2n) is 7.26. The summed E-state index contributed by atoms with van der Waals surface area (Å²) in [6, 6.07) is 0. The number of methoxy groups -OCH3 is 1. The average molecular weight is 369 g/mol. The molecule has 3 N–H and O–H groups in total. The molecular formula is C21H36O5. The molecule has 0 amide bonds. The van der Waals surface area contributed by atoms with Gasteiger partial charge in [-0.3, -0.25) is 4.79 Å². The van der Waals surface area contributed by atoms with Crippen molar-refractivity contribution in [3.63, 3.8) is 0 Å². The minimum atomic E-state index is -0.764. The van der Waals surface area contributed by atoms with Crippen LogP contribution in [-0.2, 0) is 9.53 Å². The van der Waals surface area contributed by atoms with E-state index in [1.54, 1.807) is 7.11 Å². The summed E-state index contributed by atoms with van der Waals surface area (Å²) >= 11 is 0. The van der Waals surface area contributed by atoms with Crippen molar-refractivity contribution in [3.05, 3.63) is 24.3 Å². The number of hydrogen-bond acceptors (Lipinski definition) is 4. The number of rotatable bonds is 13. The van der Waals surface area contributed by atoms with Crippen LogP contribution >= 0.6 is 0 Å². The van der Waals surface area contributed by atoms with E-state index in [1.165, 1.54) is 0 Å². The molecule has 150 valence electrons. The van der Waals surface area contributed by atoms with Gasteiger partial charge in [-0.25, -0.2) is 0 Å². The molecule has 0 bridgehead atoms. The van der Waals surface area contributed by atoms with Crippen molar-refractivity contribution in [3.8, 4) is 0 Å². The van der Waals surface area contributed by atoms with Gasteiger partial charge in [0.05, 0.1) is 18.3 Å². The van der Waals surface area contributed by atoms with E-state index in [2.05, 4.69) is 13.0 Å². The molecule has 0 heterocycles. The Labute approximate surface area is 157 Å². The van der Waals surface area contributed by atoms with Crippen LogP contribution < -0.4 is 0 Å². The lowest BCUT2D eigenvalue weighted by Crippen LogP contribution is -2.21. The second-order valence-corrected chi connectivity index (χ2v) is 7.26. The largest absolute Gasteiger partial charge is 0.481 e. The summed E-state index contributed by atoms with van der Waals surface area (Å²) in [7, 11) is 1.67. The zero-order valence-electron chi connectivity index (χ0n) is 16.2. The number of carbonyl (C=O) groups is 1. The summed E-state index contributed by atoms with van der Waals surface area (Å²) < 4.78 is 5.55. The topological polar surface area (TPSA) is 87.0 Å². The second kappa shape index (κ2) is 13.1. The molecule has 0 radical (unpaired) electrons. The number of aliphatic carboxylic acids is 1. The number of aliphatic hydroxyl groups is 2. The zero-order chi connectivity index (χ0) is 19.4. The van der Waals surface area contributed by atoms with Crippen molar-refractivity contribution >= 4 is 5.97 Å². The molecule has 1 rings (SSSR count). The highest BCUT2D eigenvalue weighted by Gasteiger charge is 2.40. The molecule has 1 fully saturated rings. The van der Waals surface area contributed by atoms with Gasteiger partial charge in [0.25, 0.3) is 0 Å². The molecule has 0 saturated heterocycles. The molecule has 1 aliphatic rings. The van der Waals surface area contributed by atoms with E-state index < -0.39 is 18.2 Å². The van der Waals surface area contributed by atoms with Gasteiger partial charge in [0.2, 0.25) is 0 Å². The van der Waals surface area contributed by atoms with Crippen molar-refractivity contribution in [1.82, 2.24) is 0 Å². The minimum absolute atomic E-state index is 0.000513. The van der Waals surface area contributed by atoms with Crippen molar-refractivity contribution in [2.24, 2.45) is 11.8 Å². The van der Waals surface area contributed by atoms with Crippen LogP contribution in [0, 0.1) is 11.8 Å². The molecule has 5 atom stereocenters. The molecule has 5 unspecified atom stereocenters. The first-order valence-electron chi connectivity index (χ1n) is 9.93. The third kappa shape index (κ3) is 8.47. The van der Waals surface area contributed by atoms with Crippen LogP contribution in [0.5, 0.6) is 0 Å². The smallest absolute Gasteiger partial charge is 0.303 e. The molecule has 1 saturated carbocycles. The molecule has 0 aliphatic heterocycles. The van der Waals surface area contributed by atoms with Crippen LogP contribution in [0.3, 0.4) is 0 Å². The first kappa shape index (κ1) is 22.9. The predicted molar refractivity (Wildman–Crippen MR) is 103 cm³/mol. The predicted octanol–water partition coefficient (Wildman–Crippen LogP) is 3.70. The number of carboxylic acid groups (broad SMARTS) is 1. The molecule has 5 nitrogen and oxygen atoms in total. The van der Waals surface area contributed by atoms with Gasteiger partial charge in [0.15, 0.2) is 0 Å². The Balaban J connectivity index is 2.54. The molecule has 0 spiro atoms. The normalized spacial score (nSPS) is 27.5.